The Morgan fingerprint density at radius 1 is 1.59 bits per heavy atom. The summed E-state index contributed by atoms with van der Waals surface area (Å²) in [6.45, 7) is 2.11. The van der Waals surface area contributed by atoms with Gasteiger partial charge < -0.3 is 9.72 Å². The molecule has 1 N–H and O–H groups in total. The van der Waals surface area contributed by atoms with Crippen molar-refractivity contribution in [2.75, 3.05) is 6.61 Å². The Kier molecular flexibility index (Phi) is 3.06. The number of benzene rings is 1. The van der Waals surface area contributed by atoms with Gasteiger partial charge in [-0.3, -0.25) is 0 Å². The zero-order valence-electron chi connectivity index (χ0n) is 9.36. The van der Waals surface area contributed by atoms with Crippen LogP contribution in [0.1, 0.15) is 23.1 Å². The van der Waals surface area contributed by atoms with Crippen LogP contribution in [-0.4, -0.2) is 22.5 Å². The molecule has 17 heavy (non-hydrogen) atoms. The third kappa shape index (κ3) is 2.26. The molecule has 1 heterocycles. The molecule has 0 spiro atoms. The molecule has 5 heteroatoms. The summed E-state index contributed by atoms with van der Waals surface area (Å²) >= 11 is 0. The molecule has 0 fully saturated rings. The van der Waals surface area contributed by atoms with Gasteiger partial charge in [0.2, 0.25) is 0 Å². The van der Waals surface area contributed by atoms with E-state index in [0.29, 0.717) is 18.0 Å². The van der Waals surface area contributed by atoms with Crippen LogP contribution >= 0.6 is 0 Å². The standard InChI is InChI=1S/C12H11N3O2/c1-2-17-12(16)8-3-4-9-10(7-8)15-11(14-9)5-6-13/h3-4,7H,2,5H2,1H3,(H,14,15). The molecule has 0 aliphatic carbocycles. The second kappa shape index (κ2) is 4.66. The number of rotatable bonds is 3. The number of carbonyl (C=O) groups excluding carboxylic acids is 1. The monoisotopic (exact) mass is 229 g/mol. The van der Waals surface area contributed by atoms with E-state index in [2.05, 4.69) is 9.97 Å². The molecule has 0 aliphatic heterocycles. The van der Waals surface area contributed by atoms with Crippen molar-refractivity contribution in [2.45, 2.75) is 13.3 Å². The molecule has 0 bridgehead atoms. The minimum atomic E-state index is -0.356. The lowest BCUT2D eigenvalue weighted by atomic mass is 10.2. The van der Waals surface area contributed by atoms with Gasteiger partial charge in [0.05, 0.1) is 35.7 Å². The number of H-pyrrole nitrogens is 1. The first-order valence-electron chi connectivity index (χ1n) is 5.27. The van der Waals surface area contributed by atoms with Gasteiger partial charge in [-0.25, -0.2) is 9.78 Å². The van der Waals surface area contributed by atoms with Crippen LogP contribution < -0.4 is 0 Å². The van der Waals surface area contributed by atoms with Crippen molar-refractivity contribution in [3.8, 4) is 6.07 Å². The first-order chi connectivity index (χ1) is 8.24. The normalized spacial score (nSPS) is 10.1. The summed E-state index contributed by atoms with van der Waals surface area (Å²) in [4.78, 5) is 18.7. The molecular formula is C12H11N3O2. The van der Waals surface area contributed by atoms with Crippen LogP contribution in [-0.2, 0) is 11.2 Å². The Morgan fingerprint density at radius 2 is 2.41 bits per heavy atom. The lowest BCUT2D eigenvalue weighted by Crippen LogP contribution is -2.04. The maximum Gasteiger partial charge on any atom is 0.338 e. The Hall–Kier alpha value is -2.35. The van der Waals surface area contributed by atoms with E-state index < -0.39 is 0 Å². The van der Waals surface area contributed by atoms with E-state index in [1.54, 1.807) is 25.1 Å². The van der Waals surface area contributed by atoms with Gasteiger partial charge in [0.25, 0.3) is 0 Å². The smallest absolute Gasteiger partial charge is 0.338 e. The van der Waals surface area contributed by atoms with Crippen molar-refractivity contribution in [1.29, 1.82) is 5.26 Å². The van der Waals surface area contributed by atoms with Crippen LogP contribution in [0.5, 0.6) is 0 Å². The minimum Gasteiger partial charge on any atom is -0.462 e. The van der Waals surface area contributed by atoms with Crippen molar-refractivity contribution >= 4 is 17.0 Å². The fraction of sp³-hybridized carbons (Fsp3) is 0.250. The summed E-state index contributed by atoms with van der Waals surface area (Å²) in [7, 11) is 0. The molecule has 0 saturated carbocycles. The number of fused-ring (bicyclic) bond motifs is 1. The predicted octanol–water partition coefficient (Wildman–Crippen LogP) is 1.81. The van der Waals surface area contributed by atoms with Crippen molar-refractivity contribution < 1.29 is 9.53 Å². The lowest BCUT2D eigenvalue weighted by molar-refractivity contribution is 0.0526. The SMILES string of the molecule is CCOC(=O)c1ccc2nc(CC#N)[nH]c2c1. The average molecular weight is 229 g/mol. The number of nitriles is 1. The molecule has 0 saturated heterocycles. The van der Waals surface area contributed by atoms with Gasteiger partial charge in [0.1, 0.15) is 5.82 Å². The second-order valence-corrected chi connectivity index (χ2v) is 3.47. The zero-order valence-corrected chi connectivity index (χ0v) is 9.36. The molecule has 2 rings (SSSR count). The number of aromatic amines is 1. The highest BCUT2D eigenvalue weighted by atomic mass is 16.5. The Labute approximate surface area is 98.0 Å². The molecule has 0 radical (unpaired) electrons. The molecular weight excluding hydrogens is 218 g/mol. The van der Waals surface area contributed by atoms with E-state index in [0.717, 1.165) is 11.0 Å². The van der Waals surface area contributed by atoms with Gasteiger partial charge >= 0.3 is 5.97 Å². The summed E-state index contributed by atoms with van der Waals surface area (Å²) in [5.74, 6) is 0.245. The third-order valence-electron chi connectivity index (χ3n) is 2.29. The molecule has 5 nitrogen and oxygen atoms in total. The third-order valence-corrected chi connectivity index (χ3v) is 2.29. The first-order valence-corrected chi connectivity index (χ1v) is 5.27. The van der Waals surface area contributed by atoms with Crippen LogP contribution in [0.25, 0.3) is 11.0 Å². The quantitative estimate of drug-likeness (QED) is 0.814. The summed E-state index contributed by atoms with van der Waals surface area (Å²) < 4.78 is 4.91. The van der Waals surface area contributed by atoms with Crippen LogP contribution in [0.4, 0.5) is 0 Å². The Morgan fingerprint density at radius 3 is 3.12 bits per heavy atom. The van der Waals surface area contributed by atoms with E-state index in [4.69, 9.17) is 10.00 Å². The van der Waals surface area contributed by atoms with Gasteiger partial charge in [-0.2, -0.15) is 5.26 Å². The highest BCUT2D eigenvalue weighted by Gasteiger charge is 2.09. The zero-order chi connectivity index (χ0) is 12.3. The van der Waals surface area contributed by atoms with Crippen molar-refractivity contribution in [1.82, 2.24) is 9.97 Å². The number of ether oxygens (including phenoxy) is 1. The molecule has 0 amide bonds. The minimum absolute atomic E-state index is 0.226. The first kappa shape index (κ1) is 11.1. The van der Waals surface area contributed by atoms with E-state index >= 15 is 0 Å². The van der Waals surface area contributed by atoms with Crippen molar-refractivity contribution in [2.24, 2.45) is 0 Å². The van der Waals surface area contributed by atoms with E-state index in [9.17, 15) is 4.79 Å². The number of nitrogens with zero attached hydrogens (tertiary/aromatic N) is 2. The number of hydrogen-bond donors (Lipinski definition) is 1. The topological polar surface area (TPSA) is 78.8 Å². The number of aromatic nitrogens is 2. The van der Waals surface area contributed by atoms with Crippen LogP contribution in [0, 0.1) is 11.3 Å². The molecule has 1 aromatic heterocycles. The van der Waals surface area contributed by atoms with Gasteiger partial charge in [-0.15, -0.1) is 0 Å². The number of carbonyl (C=O) groups is 1. The molecule has 0 aliphatic rings. The summed E-state index contributed by atoms with van der Waals surface area (Å²) in [5, 5.41) is 8.57. The van der Waals surface area contributed by atoms with Crippen LogP contribution in [0.15, 0.2) is 18.2 Å². The van der Waals surface area contributed by atoms with Crippen molar-refractivity contribution in [3.05, 3.63) is 29.6 Å². The highest BCUT2D eigenvalue weighted by Crippen LogP contribution is 2.14. The van der Waals surface area contributed by atoms with E-state index in [1.807, 2.05) is 6.07 Å². The summed E-state index contributed by atoms with van der Waals surface area (Å²) in [6, 6.07) is 7.10. The number of imidazole rings is 1. The fourth-order valence-electron chi connectivity index (χ4n) is 1.56. The van der Waals surface area contributed by atoms with Gasteiger partial charge in [-0.05, 0) is 25.1 Å². The lowest BCUT2D eigenvalue weighted by Gasteiger charge is -2.00. The summed E-state index contributed by atoms with van der Waals surface area (Å²) in [5.41, 5.74) is 1.95. The number of nitrogens with one attached hydrogen (secondary N) is 1. The van der Waals surface area contributed by atoms with Gasteiger partial charge in [0.15, 0.2) is 0 Å². The fourth-order valence-corrected chi connectivity index (χ4v) is 1.56. The maximum absolute atomic E-state index is 11.5. The second-order valence-electron chi connectivity index (χ2n) is 3.47. The molecule has 1 aromatic carbocycles. The summed E-state index contributed by atoms with van der Waals surface area (Å²) in [6.07, 6.45) is 0.226. The Bertz CT molecular complexity index is 595. The van der Waals surface area contributed by atoms with Crippen molar-refractivity contribution in [3.63, 3.8) is 0 Å². The molecule has 0 unspecified atom stereocenters. The molecule has 2 aromatic rings. The highest BCUT2D eigenvalue weighted by molar-refractivity contribution is 5.93. The van der Waals surface area contributed by atoms with Crippen LogP contribution in [0.2, 0.25) is 0 Å². The number of esters is 1. The Balaban J connectivity index is 2.37. The maximum atomic E-state index is 11.5. The van der Waals surface area contributed by atoms with Gasteiger partial charge in [0, 0.05) is 0 Å². The van der Waals surface area contributed by atoms with Crippen LogP contribution in [0.3, 0.4) is 0 Å². The number of hydrogen-bond acceptors (Lipinski definition) is 4. The predicted molar refractivity (Wildman–Crippen MR) is 61.4 cm³/mol. The molecule has 86 valence electrons. The van der Waals surface area contributed by atoms with Gasteiger partial charge in [-0.1, -0.05) is 0 Å². The largest absolute Gasteiger partial charge is 0.462 e. The van der Waals surface area contributed by atoms with E-state index in [1.165, 1.54) is 0 Å². The molecule has 0 atom stereocenters. The van der Waals surface area contributed by atoms with E-state index in [-0.39, 0.29) is 12.4 Å². The average Bonchev–Trinajstić information content (AvgIpc) is 2.71.